The number of hydrogen-bond donors (Lipinski definition) is 0. The van der Waals surface area contributed by atoms with Gasteiger partial charge >= 0.3 is 0 Å². The summed E-state index contributed by atoms with van der Waals surface area (Å²) in [5.41, 5.74) is 0.662. The molecule has 2 heterocycles. The van der Waals surface area contributed by atoms with Crippen LogP contribution < -0.4 is 0 Å². The molecule has 0 N–H and O–H groups in total. The summed E-state index contributed by atoms with van der Waals surface area (Å²) in [5.74, 6) is 0.0835. The Morgan fingerprint density at radius 2 is 2.21 bits per heavy atom. The third-order valence-corrected chi connectivity index (χ3v) is 4.44. The van der Waals surface area contributed by atoms with Gasteiger partial charge in [-0.3, -0.25) is 4.79 Å². The number of carbonyl (C=O) groups is 1. The number of fused-ring (bicyclic) bond motifs is 1. The van der Waals surface area contributed by atoms with Crippen LogP contribution in [0.5, 0.6) is 0 Å². The van der Waals surface area contributed by atoms with Gasteiger partial charge in [-0.15, -0.1) is 0 Å². The molecular formula is C14H17BrN2O2. The molecule has 0 radical (unpaired) electrons. The molecule has 2 aliphatic rings. The Kier molecular flexibility index (Phi) is 3.84. The lowest BCUT2D eigenvalue weighted by molar-refractivity contribution is -0.0752. The van der Waals surface area contributed by atoms with Crippen LogP contribution >= 0.6 is 15.9 Å². The summed E-state index contributed by atoms with van der Waals surface area (Å²) in [6.07, 6.45) is 6.40. The highest BCUT2D eigenvalue weighted by molar-refractivity contribution is 9.10. The van der Waals surface area contributed by atoms with Gasteiger partial charge in [0.1, 0.15) is 4.60 Å². The van der Waals surface area contributed by atoms with Crippen molar-refractivity contribution in [3.8, 4) is 0 Å². The Morgan fingerprint density at radius 3 is 3.00 bits per heavy atom. The third kappa shape index (κ3) is 2.67. The van der Waals surface area contributed by atoms with E-state index in [1.807, 2.05) is 17.0 Å². The highest BCUT2D eigenvalue weighted by atomic mass is 79.9. The van der Waals surface area contributed by atoms with Gasteiger partial charge in [0.15, 0.2) is 0 Å². The van der Waals surface area contributed by atoms with E-state index in [1.54, 1.807) is 6.20 Å². The molecule has 2 atom stereocenters. The van der Waals surface area contributed by atoms with Crippen molar-refractivity contribution in [3.05, 3.63) is 28.5 Å². The SMILES string of the molecule is O=C(c1ccc(Br)nc1)N1CCOC2CCCCC21. The quantitative estimate of drug-likeness (QED) is 0.746. The summed E-state index contributed by atoms with van der Waals surface area (Å²) in [6.45, 7) is 1.34. The summed E-state index contributed by atoms with van der Waals surface area (Å²) in [6, 6.07) is 3.89. The Balaban J connectivity index is 1.79. The van der Waals surface area contributed by atoms with Gasteiger partial charge < -0.3 is 9.64 Å². The Labute approximate surface area is 121 Å². The van der Waals surface area contributed by atoms with Crippen molar-refractivity contribution in [2.24, 2.45) is 0 Å². The van der Waals surface area contributed by atoms with Crippen LogP contribution in [0.15, 0.2) is 22.9 Å². The Morgan fingerprint density at radius 1 is 1.37 bits per heavy atom. The molecular weight excluding hydrogens is 308 g/mol. The number of nitrogens with zero attached hydrogens (tertiary/aromatic N) is 2. The van der Waals surface area contributed by atoms with Gasteiger partial charge in [0, 0.05) is 12.7 Å². The van der Waals surface area contributed by atoms with Crippen molar-refractivity contribution in [1.82, 2.24) is 9.88 Å². The predicted molar refractivity (Wildman–Crippen MR) is 75.0 cm³/mol. The number of hydrogen-bond acceptors (Lipinski definition) is 3. The largest absolute Gasteiger partial charge is 0.374 e. The third-order valence-electron chi connectivity index (χ3n) is 3.97. The minimum Gasteiger partial charge on any atom is -0.374 e. The maximum atomic E-state index is 12.6. The number of amides is 1. The average molecular weight is 325 g/mol. The van der Waals surface area contributed by atoms with E-state index in [1.165, 1.54) is 12.8 Å². The van der Waals surface area contributed by atoms with Crippen LogP contribution in [-0.2, 0) is 4.74 Å². The lowest BCUT2D eigenvalue weighted by Gasteiger charge is -2.43. The molecule has 2 unspecified atom stereocenters. The van der Waals surface area contributed by atoms with Gasteiger partial charge in [-0.05, 0) is 40.9 Å². The normalized spacial score (nSPS) is 26.9. The van der Waals surface area contributed by atoms with Gasteiger partial charge in [-0.1, -0.05) is 12.8 Å². The van der Waals surface area contributed by atoms with Gasteiger partial charge in [-0.25, -0.2) is 4.98 Å². The zero-order valence-electron chi connectivity index (χ0n) is 10.7. The fourth-order valence-corrected chi connectivity index (χ4v) is 3.25. The topological polar surface area (TPSA) is 42.4 Å². The zero-order chi connectivity index (χ0) is 13.2. The molecule has 2 fully saturated rings. The van der Waals surface area contributed by atoms with Gasteiger partial charge in [0.05, 0.1) is 24.3 Å². The molecule has 19 heavy (non-hydrogen) atoms. The smallest absolute Gasteiger partial charge is 0.255 e. The van der Waals surface area contributed by atoms with E-state index in [0.29, 0.717) is 18.7 Å². The van der Waals surface area contributed by atoms with E-state index >= 15 is 0 Å². The van der Waals surface area contributed by atoms with Gasteiger partial charge in [0.2, 0.25) is 0 Å². The van der Waals surface area contributed by atoms with Gasteiger partial charge in [0.25, 0.3) is 5.91 Å². The van der Waals surface area contributed by atoms with Crippen LogP contribution in [0.2, 0.25) is 0 Å². The van der Waals surface area contributed by atoms with Crippen LogP contribution in [0.3, 0.4) is 0 Å². The average Bonchev–Trinajstić information content (AvgIpc) is 2.47. The molecule has 1 aromatic rings. The molecule has 0 bridgehead atoms. The standard InChI is InChI=1S/C14H17BrN2O2/c15-13-6-5-10(9-16-13)14(18)17-7-8-19-12-4-2-1-3-11(12)17/h5-6,9,11-12H,1-4,7-8H2. The summed E-state index contributed by atoms with van der Waals surface area (Å²) in [5, 5.41) is 0. The van der Waals surface area contributed by atoms with Gasteiger partial charge in [-0.2, -0.15) is 0 Å². The van der Waals surface area contributed by atoms with Crippen molar-refractivity contribution < 1.29 is 9.53 Å². The molecule has 1 aliphatic heterocycles. The number of aromatic nitrogens is 1. The van der Waals surface area contributed by atoms with E-state index in [0.717, 1.165) is 17.4 Å². The van der Waals surface area contributed by atoms with E-state index in [2.05, 4.69) is 20.9 Å². The first kappa shape index (κ1) is 13.1. The fourth-order valence-electron chi connectivity index (χ4n) is 3.02. The highest BCUT2D eigenvalue weighted by Crippen LogP contribution is 2.29. The van der Waals surface area contributed by atoms with Crippen LogP contribution in [0.4, 0.5) is 0 Å². The molecule has 1 aliphatic carbocycles. The minimum atomic E-state index is 0.0835. The maximum Gasteiger partial charge on any atom is 0.255 e. The molecule has 5 heteroatoms. The summed E-state index contributed by atoms with van der Waals surface area (Å²) in [4.78, 5) is 18.7. The predicted octanol–water partition coefficient (Wildman–Crippen LogP) is 2.63. The molecule has 1 saturated heterocycles. The highest BCUT2D eigenvalue weighted by Gasteiger charge is 2.36. The molecule has 1 aromatic heterocycles. The molecule has 4 nitrogen and oxygen atoms in total. The number of halogens is 1. The van der Waals surface area contributed by atoms with Crippen LogP contribution in [0.1, 0.15) is 36.0 Å². The van der Waals surface area contributed by atoms with E-state index < -0.39 is 0 Å². The summed E-state index contributed by atoms with van der Waals surface area (Å²) >= 11 is 3.29. The van der Waals surface area contributed by atoms with E-state index in [9.17, 15) is 4.79 Å². The second-order valence-corrected chi connectivity index (χ2v) is 5.94. The zero-order valence-corrected chi connectivity index (χ0v) is 12.3. The lowest BCUT2D eigenvalue weighted by Crippen LogP contribution is -2.54. The van der Waals surface area contributed by atoms with Crippen LogP contribution in [0, 0.1) is 0 Å². The van der Waals surface area contributed by atoms with E-state index in [-0.39, 0.29) is 18.1 Å². The Bertz CT molecular complexity index is 461. The van der Waals surface area contributed by atoms with Crippen molar-refractivity contribution in [3.63, 3.8) is 0 Å². The second-order valence-electron chi connectivity index (χ2n) is 5.13. The first-order chi connectivity index (χ1) is 9.25. The first-order valence-electron chi connectivity index (χ1n) is 6.80. The van der Waals surface area contributed by atoms with E-state index in [4.69, 9.17) is 4.74 Å². The van der Waals surface area contributed by atoms with Crippen LogP contribution in [-0.4, -0.2) is 41.1 Å². The minimum absolute atomic E-state index is 0.0835. The molecule has 0 aromatic carbocycles. The summed E-state index contributed by atoms with van der Waals surface area (Å²) in [7, 11) is 0. The van der Waals surface area contributed by atoms with Crippen molar-refractivity contribution >= 4 is 21.8 Å². The first-order valence-corrected chi connectivity index (χ1v) is 7.59. The fraction of sp³-hybridized carbons (Fsp3) is 0.571. The number of morpholine rings is 1. The monoisotopic (exact) mass is 324 g/mol. The number of carbonyl (C=O) groups excluding carboxylic acids is 1. The lowest BCUT2D eigenvalue weighted by atomic mass is 9.90. The molecule has 3 rings (SSSR count). The second kappa shape index (κ2) is 5.59. The molecule has 102 valence electrons. The maximum absolute atomic E-state index is 12.6. The Hall–Kier alpha value is -0.940. The van der Waals surface area contributed by atoms with Crippen molar-refractivity contribution in [1.29, 1.82) is 0 Å². The molecule has 1 saturated carbocycles. The number of pyridine rings is 1. The molecule has 0 spiro atoms. The number of rotatable bonds is 1. The summed E-state index contributed by atoms with van der Waals surface area (Å²) < 4.78 is 6.55. The molecule has 1 amide bonds. The van der Waals surface area contributed by atoms with Crippen molar-refractivity contribution in [2.75, 3.05) is 13.2 Å². The van der Waals surface area contributed by atoms with Crippen LogP contribution in [0.25, 0.3) is 0 Å². The van der Waals surface area contributed by atoms with Crippen molar-refractivity contribution in [2.45, 2.75) is 37.8 Å². The number of ether oxygens (including phenoxy) is 1.